The van der Waals surface area contributed by atoms with Gasteiger partial charge in [-0.05, 0) is 19.8 Å². The van der Waals surface area contributed by atoms with Gasteiger partial charge in [0.2, 0.25) is 0 Å². The molecule has 2 unspecified atom stereocenters. The first-order chi connectivity index (χ1) is 6.24. The summed E-state index contributed by atoms with van der Waals surface area (Å²) in [5.41, 5.74) is 0. The normalized spacial score (nSPS) is 28.4. The fourth-order valence-corrected chi connectivity index (χ4v) is 1.83. The van der Waals surface area contributed by atoms with Crippen LogP contribution in [0.4, 0.5) is 4.79 Å². The fraction of sp³-hybridized carbons (Fsp3) is 0.889. The fourth-order valence-electron chi connectivity index (χ4n) is 1.83. The molecule has 1 aliphatic carbocycles. The minimum atomic E-state index is -0.948. The highest BCUT2D eigenvalue weighted by atomic mass is 16.5. The highest BCUT2D eigenvalue weighted by molar-refractivity contribution is 5.64. The molecule has 2 N–H and O–H groups in total. The molecule has 1 fully saturated rings. The van der Waals surface area contributed by atoms with Gasteiger partial charge in [-0.3, -0.25) is 0 Å². The van der Waals surface area contributed by atoms with Crippen molar-refractivity contribution in [3.05, 3.63) is 0 Å². The minimum absolute atomic E-state index is 0.00815. The van der Waals surface area contributed by atoms with Crippen LogP contribution in [0.3, 0.4) is 0 Å². The lowest BCUT2D eigenvalue weighted by molar-refractivity contribution is 0.0132. The topological polar surface area (TPSA) is 58.6 Å². The largest absolute Gasteiger partial charge is 0.465 e. The molecule has 0 aromatic rings. The van der Waals surface area contributed by atoms with Crippen LogP contribution >= 0.6 is 0 Å². The third-order valence-electron chi connectivity index (χ3n) is 2.39. The van der Waals surface area contributed by atoms with E-state index < -0.39 is 6.09 Å². The van der Waals surface area contributed by atoms with E-state index in [2.05, 4.69) is 5.32 Å². The Morgan fingerprint density at radius 3 is 2.85 bits per heavy atom. The van der Waals surface area contributed by atoms with E-state index in [1.165, 1.54) is 0 Å². The Hall–Kier alpha value is -0.770. The first kappa shape index (κ1) is 10.3. The Labute approximate surface area is 78.3 Å². The van der Waals surface area contributed by atoms with Crippen LogP contribution in [-0.2, 0) is 4.74 Å². The number of carbonyl (C=O) groups is 1. The predicted octanol–water partition coefficient (Wildman–Crippen LogP) is 1.60. The van der Waals surface area contributed by atoms with E-state index >= 15 is 0 Å². The number of hydrogen-bond donors (Lipinski definition) is 2. The molecule has 1 rings (SSSR count). The maximum atomic E-state index is 10.5. The Morgan fingerprint density at radius 1 is 1.54 bits per heavy atom. The molecule has 0 heterocycles. The van der Waals surface area contributed by atoms with Gasteiger partial charge in [-0.25, -0.2) is 4.79 Å². The second kappa shape index (κ2) is 5.07. The van der Waals surface area contributed by atoms with Crippen LogP contribution in [0.5, 0.6) is 0 Å². The van der Waals surface area contributed by atoms with Crippen molar-refractivity contribution in [2.75, 3.05) is 6.61 Å². The molecule has 0 aromatic carbocycles. The van der Waals surface area contributed by atoms with Crippen molar-refractivity contribution in [1.29, 1.82) is 0 Å². The van der Waals surface area contributed by atoms with Crippen LogP contribution in [-0.4, -0.2) is 30.0 Å². The third-order valence-corrected chi connectivity index (χ3v) is 2.39. The lowest BCUT2D eigenvalue weighted by Gasteiger charge is -2.30. The van der Waals surface area contributed by atoms with Crippen molar-refractivity contribution >= 4 is 6.09 Å². The number of hydrogen-bond acceptors (Lipinski definition) is 2. The summed E-state index contributed by atoms with van der Waals surface area (Å²) < 4.78 is 5.47. The van der Waals surface area contributed by atoms with Crippen molar-refractivity contribution in [1.82, 2.24) is 5.32 Å². The second-order valence-electron chi connectivity index (χ2n) is 3.33. The molecule has 0 spiro atoms. The smallest absolute Gasteiger partial charge is 0.404 e. The predicted molar refractivity (Wildman–Crippen MR) is 48.8 cm³/mol. The maximum absolute atomic E-state index is 10.5. The molecule has 1 amide bonds. The van der Waals surface area contributed by atoms with Gasteiger partial charge in [-0.2, -0.15) is 0 Å². The average Bonchev–Trinajstić information content (AvgIpc) is 2.08. The minimum Gasteiger partial charge on any atom is -0.465 e. The molecule has 0 radical (unpaired) electrons. The second-order valence-corrected chi connectivity index (χ2v) is 3.33. The van der Waals surface area contributed by atoms with Gasteiger partial charge >= 0.3 is 6.09 Å². The first-order valence-electron chi connectivity index (χ1n) is 4.85. The zero-order valence-electron chi connectivity index (χ0n) is 7.95. The highest BCUT2D eigenvalue weighted by Gasteiger charge is 2.26. The van der Waals surface area contributed by atoms with Crippen molar-refractivity contribution in [2.24, 2.45) is 0 Å². The van der Waals surface area contributed by atoms with Crippen molar-refractivity contribution in [3.63, 3.8) is 0 Å². The lowest BCUT2D eigenvalue weighted by Crippen LogP contribution is -2.45. The van der Waals surface area contributed by atoms with E-state index in [0.29, 0.717) is 6.61 Å². The number of carboxylic acid groups (broad SMARTS) is 1. The third kappa shape index (κ3) is 3.22. The molecule has 1 aliphatic rings. The molecule has 2 atom stereocenters. The van der Waals surface area contributed by atoms with E-state index in [9.17, 15) is 4.79 Å². The van der Waals surface area contributed by atoms with Gasteiger partial charge in [0.15, 0.2) is 0 Å². The summed E-state index contributed by atoms with van der Waals surface area (Å²) in [6.07, 6.45) is 3.23. The number of ether oxygens (including phenoxy) is 1. The number of amides is 1. The summed E-state index contributed by atoms with van der Waals surface area (Å²) in [4.78, 5) is 10.5. The summed E-state index contributed by atoms with van der Waals surface area (Å²) >= 11 is 0. The standard InChI is InChI=1S/C9H17NO3/c1-2-13-8-6-4-3-5-7(8)10-9(11)12/h7-8,10H,2-6H2,1H3,(H,11,12). The zero-order chi connectivity index (χ0) is 9.68. The zero-order valence-corrected chi connectivity index (χ0v) is 7.95. The molecule has 4 nitrogen and oxygen atoms in total. The van der Waals surface area contributed by atoms with Gasteiger partial charge in [0.05, 0.1) is 12.1 Å². The van der Waals surface area contributed by atoms with Crippen LogP contribution in [0.2, 0.25) is 0 Å². The molecule has 4 heteroatoms. The Kier molecular flexibility index (Phi) is 4.02. The first-order valence-corrected chi connectivity index (χ1v) is 4.85. The van der Waals surface area contributed by atoms with Gasteiger partial charge in [0.1, 0.15) is 0 Å². The highest BCUT2D eigenvalue weighted by Crippen LogP contribution is 2.21. The van der Waals surface area contributed by atoms with E-state index in [1.54, 1.807) is 0 Å². The summed E-state index contributed by atoms with van der Waals surface area (Å²) in [5, 5.41) is 11.1. The number of rotatable bonds is 3. The van der Waals surface area contributed by atoms with Crippen molar-refractivity contribution in [2.45, 2.75) is 44.8 Å². The van der Waals surface area contributed by atoms with E-state index in [4.69, 9.17) is 9.84 Å². The van der Waals surface area contributed by atoms with E-state index in [-0.39, 0.29) is 12.1 Å². The van der Waals surface area contributed by atoms with Gasteiger partial charge in [-0.15, -0.1) is 0 Å². The lowest BCUT2D eigenvalue weighted by atomic mass is 9.92. The Morgan fingerprint density at radius 2 is 2.23 bits per heavy atom. The van der Waals surface area contributed by atoms with Crippen LogP contribution in [0.15, 0.2) is 0 Å². The summed E-state index contributed by atoms with van der Waals surface area (Å²) in [7, 11) is 0. The number of nitrogens with one attached hydrogen (secondary N) is 1. The molecular weight excluding hydrogens is 170 g/mol. The van der Waals surface area contributed by atoms with E-state index in [0.717, 1.165) is 25.7 Å². The van der Waals surface area contributed by atoms with Gasteiger partial charge in [0, 0.05) is 6.61 Å². The Bertz CT molecular complexity index is 170. The molecule has 0 saturated heterocycles. The molecule has 0 aliphatic heterocycles. The molecule has 76 valence electrons. The van der Waals surface area contributed by atoms with Crippen LogP contribution in [0.1, 0.15) is 32.6 Å². The van der Waals surface area contributed by atoms with Crippen molar-refractivity contribution < 1.29 is 14.6 Å². The van der Waals surface area contributed by atoms with Gasteiger partial charge in [0.25, 0.3) is 0 Å². The van der Waals surface area contributed by atoms with E-state index in [1.807, 2.05) is 6.92 Å². The summed E-state index contributed by atoms with van der Waals surface area (Å²) in [6, 6.07) is -0.00815. The molecule has 13 heavy (non-hydrogen) atoms. The van der Waals surface area contributed by atoms with Gasteiger partial charge in [-0.1, -0.05) is 12.8 Å². The molecule has 0 bridgehead atoms. The average molecular weight is 187 g/mol. The summed E-state index contributed by atoms with van der Waals surface area (Å²) in [5.74, 6) is 0. The molecule has 1 saturated carbocycles. The quantitative estimate of drug-likeness (QED) is 0.705. The molecular formula is C9H17NO3. The summed E-state index contributed by atoms with van der Waals surface area (Å²) in [6.45, 7) is 2.59. The maximum Gasteiger partial charge on any atom is 0.404 e. The van der Waals surface area contributed by atoms with Crippen molar-refractivity contribution in [3.8, 4) is 0 Å². The van der Waals surface area contributed by atoms with Crippen LogP contribution < -0.4 is 5.32 Å². The molecule has 0 aromatic heterocycles. The van der Waals surface area contributed by atoms with Crippen LogP contribution in [0.25, 0.3) is 0 Å². The van der Waals surface area contributed by atoms with Crippen LogP contribution in [0, 0.1) is 0 Å². The monoisotopic (exact) mass is 187 g/mol. The SMILES string of the molecule is CCOC1CCCCC1NC(=O)O. The van der Waals surface area contributed by atoms with Gasteiger partial charge < -0.3 is 15.2 Å². The Balaban J connectivity index is 2.41.